The van der Waals surface area contributed by atoms with Gasteiger partial charge in [0, 0.05) is 13.2 Å². The molecule has 0 aliphatic rings. The molecule has 0 fully saturated rings. The van der Waals surface area contributed by atoms with Gasteiger partial charge in [-0.1, -0.05) is 6.92 Å². The molecule has 90 valence electrons. The van der Waals surface area contributed by atoms with E-state index in [4.69, 9.17) is 9.84 Å². The van der Waals surface area contributed by atoms with Gasteiger partial charge in [-0.05, 0) is 39.7 Å². The van der Waals surface area contributed by atoms with Gasteiger partial charge in [-0.3, -0.25) is 4.79 Å². The minimum absolute atomic E-state index is 0.600. The van der Waals surface area contributed by atoms with Crippen molar-refractivity contribution in [2.24, 2.45) is 0 Å². The van der Waals surface area contributed by atoms with Crippen LogP contribution in [0.25, 0.3) is 0 Å². The number of aliphatic carboxylic acids is 1. The summed E-state index contributed by atoms with van der Waals surface area (Å²) in [7, 11) is 0. The first-order valence-electron chi connectivity index (χ1n) is 5.63. The number of carbonyl (C=O) groups is 1. The Hall–Kier alpha value is -0.610. The molecule has 2 N–H and O–H groups in total. The first-order valence-corrected chi connectivity index (χ1v) is 5.63. The third-order valence-corrected chi connectivity index (χ3v) is 2.41. The van der Waals surface area contributed by atoms with Gasteiger partial charge in [-0.2, -0.15) is 0 Å². The van der Waals surface area contributed by atoms with Gasteiger partial charge in [0.2, 0.25) is 0 Å². The summed E-state index contributed by atoms with van der Waals surface area (Å²) in [6.45, 7) is 7.74. The van der Waals surface area contributed by atoms with E-state index < -0.39 is 11.5 Å². The number of carboxylic acids is 1. The Morgan fingerprint density at radius 2 is 2.13 bits per heavy atom. The maximum absolute atomic E-state index is 11.1. The zero-order chi connectivity index (χ0) is 11.7. The SMILES string of the molecule is CCCNC(C)(CCCOCC)C(=O)O. The molecule has 15 heavy (non-hydrogen) atoms. The van der Waals surface area contributed by atoms with Crippen molar-refractivity contribution < 1.29 is 14.6 Å². The standard InChI is InChI=1S/C11H23NO3/c1-4-8-12-11(3,10(13)14)7-6-9-15-5-2/h12H,4-9H2,1-3H3,(H,13,14). The molecule has 0 saturated carbocycles. The first-order chi connectivity index (χ1) is 7.06. The van der Waals surface area contributed by atoms with Gasteiger partial charge in [0.25, 0.3) is 0 Å². The van der Waals surface area contributed by atoms with E-state index in [2.05, 4.69) is 5.32 Å². The lowest BCUT2D eigenvalue weighted by Gasteiger charge is -2.26. The molecule has 0 bridgehead atoms. The summed E-state index contributed by atoms with van der Waals surface area (Å²) in [6, 6.07) is 0. The predicted molar refractivity (Wildman–Crippen MR) is 60.1 cm³/mol. The monoisotopic (exact) mass is 217 g/mol. The normalized spacial score (nSPS) is 14.9. The van der Waals surface area contributed by atoms with E-state index in [0.717, 1.165) is 19.4 Å². The van der Waals surface area contributed by atoms with Crippen LogP contribution in [0.4, 0.5) is 0 Å². The van der Waals surface area contributed by atoms with Crippen molar-refractivity contribution in [3.63, 3.8) is 0 Å². The molecule has 0 radical (unpaired) electrons. The molecule has 0 rings (SSSR count). The zero-order valence-corrected chi connectivity index (χ0v) is 10.0. The fraction of sp³-hybridized carbons (Fsp3) is 0.909. The smallest absolute Gasteiger partial charge is 0.323 e. The Morgan fingerprint density at radius 3 is 2.60 bits per heavy atom. The average Bonchev–Trinajstić information content (AvgIpc) is 2.21. The topological polar surface area (TPSA) is 58.6 Å². The molecule has 0 aromatic rings. The Morgan fingerprint density at radius 1 is 1.47 bits per heavy atom. The van der Waals surface area contributed by atoms with Crippen molar-refractivity contribution in [3.8, 4) is 0 Å². The van der Waals surface area contributed by atoms with Crippen LogP contribution in [0.3, 0.4) is 0 Å². The van der Waals surface area contributed by atoms with Gasteiger partial charge < -0.3 is 15.2 Å². The number of hydrogen-bond acceptors (Lipinski definition) is 3. The summed E-state index contributed by atoms with van der Waals surface area (Å²) < 4.78 is 5.19. The first kappa shape index (κ1) is 14.4. The molecule has 4 nitrogen and oxygen atoms in total. The molecule has 0 aromatic heterocycles. The molecule has 1 atom stereocenters. The maximum Gasteiger partial charge on any atom is 0.323 e. The van der Waals surface area contributed by atoms with Gasteiger partial charge >= 0.3 is 5.97 Å². The van der Waals surface area contributed by atoms with E-state index in [1.165, 1.54) is 0 Å². The largest absolute Gasteiger partial charge is 0.480 e. The summed E-state index contributed by atoms with van der Waals surface area (Å²) >= 11 is 0. The van der Waals surface area contributed by atoms with Crippen molar-refractivity contribution in [1.29, 1.82) is 0 Å². The third-order valence-electron chi connectivity index (χ3n) is 2.41. The highest BCUT2D eigenvalue weighted by atomic mass is 16.5. The molecule has 0 amide bonds. The quantitative estimate of drug-likeness (QED) is 0.576. The Labute approximate surface area is 92.0 Å². The van der Waals surface area contributed by atoms with E-state index in [9.17, 15) is 4.79 Å². The van der Waals surface area contributed by atoms with Crippen molar-refractivity contribution >= 4 is 5.97 Å². The van der Waals surface area contributed by atoms with E-state index in [1.807, 2.05) is 13.8 Å². The van der Waals surface area contributed by atoms with Gasteiger partial charge in [-0.15, -0.1) is 0 Å². The molecule has 0 spiro atoms. The van der Waals surface area contributed by atoms with E-state index in [1.54, 1.807) is 6.92 Å². The lowest BCUT2D eigenvalue weighted by Crippen LogP contribution is -2.49. The van der Waals surface area contributed by atoms with Crippen LogP contribution < -0.4 is 5.32 Å². The summed E-state index contributed by atoms with van der Waals surface area (Å²) in [5.74, 6) is -0.785. The molecular formula is C11H23NO3. The summed E-state index contributed by atoms with van der Waals surface area (Å²) in [4.78, 5) is 11.1. The lowest BCUT2D eigenvalue weighted by atomic mass is 9.96. The molecule has 0 saturated heterocycles. The van der Waals surface area contributed by atoms with Gasteiger partial charge in [0.15, 0.2) is 0 Å². The number of carboxylic acid groups (broad SMARTS) is 1. The van der Waals surface area contributed by atoms with Crippen molar-refractivity contribution in [2.75, 3.05) is 19.8 Å². The van der Waals surface area contributed by atoms with Gasteiger partial charge in [0.05, 0.1) is 0 Å². The molecule has 0 aliphatic heterocycles. The van der Waals surface area contributed by atoms with Crippen molar-refractivity contribution in [1.82, 2.24) is 5.32 Å². The van der Waals surface area contributed by atoms with Crippen molar-refractivity contribution in [3.05, 3.63) is 0 Å². The minimum Gasteiger partial charge on any atom is -0.480 e. The second-order valence-electron chi connectivity index (χ2n) is 3.86. The fourth-order valence-corrected chi connectivity index (χ4v) is 1.34. The lowest BCUT2D eigenvalue weighted by molar-refractivity contribution is -0.144. The Balaban J connectivity index is 3.96. The Kier molecular flexibility index (Phi) is 7.34. The number of nitrogens with one attached hydrogen (secondary N) is 1. The van der Waals surface area contributed by atoms with Crippen LogP contribution >= 0.6 is 0 Å². The summed E-state index contributed by atoms with van der Waals surface area (Å²) in [5, 5.41) is 12.2. The fourth-order valence-electron chi connectivity index (χ4n) is 1.34. The van der Waals surface area contributed by atoms with Crippen LogP contribution in [0.15, 0.2) is 0 Å². The molecule has 1 unspecified atom stereocenters. The maximum atomic E-state index is 11.1. The van der Waals surface area contributed by atoms with E-state index in [0.29, 0.717) is 19.6 Å². The van der Waals surface area contributed by atoms with E-state index >= 15 is 0 Å². The van der Waals surface area contributed by atoms with Crippen LogP contribution in [0.1, 0.15) is 40.0 Å². The van der Waals surface area contributed by atoms with Crippen LogP contribution in [0.5, 0.6) is 0 Å². The molecule has 0 aromatic carbocycles. The Bertz CT molecular complexity index is 185. The molecule has 0 aliphatic carbocycles. The number of ether oxygens (including phenoxy) is 1. The van der Waals surface area contributed by atoms with Gasteiger partial charge in [0.1, 0.15) is 5.54 Å². The molecular weight excluding hydrogens is 194 g/mol. The highest BCUT2D eigenvalue weighted by Gasteiger charge is 2.31. The summed E-state index contributed by atoms with van der Waals surface area (Å²) in [5.41, 5.74) is -0.812. The van der Waals surface area contributed by atoms with Gasteiger partial charge in [-0.25, -0.2) is 0 Å². The number of hydrogen-bond donors (Lipinski definition) is 2. The molecule has 4 heteroatoms. The average molecular weight is 217 g/mol. The second-order valence-corrected chi connectivity index (χ2v) is 3.86. The molecule has 0 heterocycles. The zero-order valence-electron chi connectivity index (χ0n) is 10.0. The summed E-state index contributed by atoms with van der Waals surface area (Å²) in [6.07, 6.45) is 2.31. The highest BCUT2D eigenvalue weighted by molar-refractivity contribution is 5.78. The second kappa shape index (κ2) is 7.65. The van der Waals surface area contributed by atoms with Crippen LogP contribution in [0.2, 0.25) is 0 Å². The number of rotatable bonds is 9. The third kappa shape index (κ3) is 5.74. The van der Waals surface area contributed by atoms with Crippen LogP contribution in [-0.2, 0) is 9.53 Å². The highest BCUT2D eigenvalue weighted by Crippen LogP contribution is 2.12. The van der Waals surface area contributed by atoms with Crippen molar-refractivity contribution in [2.45, 2.75) is 45.6 Å². The minimum atomic E-state index is -0.812. The van der Waals surface area contributed by atoms with Crippen LogP contribution in [0, 0.1) is 0 Å². The van der Waals surface area contributed by atoms with Crippen LogP contribution in [-0.4, -0.2) is 36.4 Å². The predicted octanol–water partition coefficient (Wildman–Crippen LogP) is 1.65. The van der Waals surface area contributed by atoms with E-state index in [-0.39, 0.29) is 0 Å².